The summed E-state index contributed by atoms with van der Waals surface area (Å²) in [6.45, 7) is 5.55. The number of carboxylic acids is 1. The average Bonchev–Trinajstić information content (AvgIpc) is 2.61. The number of rotatable bonds is 8. The molecule has 0 radical (unpaired) electrons. The molecule has 6 nitrogen and oxygen atoms in total. The second kappa shape index (κ2) is 7.13. The lowest BCUT2D eigenvalue weighted by Gasteiger charge is -2.13. The summed E-state index contributed by atoms with van der Waals surface area (Å²) in [6.07, 6.45) is 0.829. The van der Waals surface area contributed by atoms with Crippen molar-refractivity contribution in [2.75, 3.05) is 20.3 Å². The Morgan fingerprint density at radius 2 is 2.33 bits per heavy atom. The van der Waals surface area contributed by atoms with Crippen molar-refractivity contribution in [3.63, 3.8) is 0 Å². The standard InChI is InChI=1S/C12H21N3O3/c1-9-7-10(2)15(14-9)6-4-5-13-11(8-18-3)12(16)17/h7,11,13H,4-6,8H2,1-3H3,(H,16,17). The van der Waals surface area contributed by atoms with Crippen LogP contribution in [0.3, 0.4) is 0 Å². The maximum Gasteiger partial charge on any atom is 0.323 e. The molecule has 1 aromatic heterocycles. The van der Waals surface area contributed by atoms with Crippen LogP contribution in [0.1, 0.15) is 17.8 Å². The van der Waals surface area contributed by atoms with E-state index in [4.69, 9.17) is 9.84 Å². The number of aromatic nitrogens is 2. The van der Waals surface area contributed by atoms with Crippen LogP contribution < -0.4 is 5.32 Å². The molecular formula is C12H21N3O3. The molecule has 6 heteroatoms. The van der Waals surface area contributed by atoms with Gasteiger partial charge in [-0.1, -0.05) is 0 Å². The predicted molar refractivity (Wildman–Crippen MR) is 67.6 cm³/mol. The molecule has 1 atom stereocenters. The van der Waals surface area contributed by atoms with Crippen molar-refractivity contribution in [2.24, 2.45) is 0 Å². The Hall–Kier alpha value is -1.40. The topological polar surface area (TPSA) is 76.4 Å². The van der Waals surface area contributed by atoms with Gasteiger partial charge in [-0.05, 0) is 32.9 Å². The van der Waals surface area contributed by atoms with Gasteiger partial charge >= 0.3 is 5.97 Å². The Balaban J connectivity index is 2.29. The molecule has 0 amide bonds. The maximum atomic E-state index is 10.9. The number of aliphatic carboxylic acids is 1. The van der Waals surface area contributed by atoms with Crippen LogP contribution in [0.15, 0.2) is 6.07 Å². The number of aryl methyl sites for hydroxylation is 3. The molecule has 0 aliphatic heterocycles. The molecule has 0 saturated heterocycles. The lowest BCUT2D eigenvalue weighted by molar-refractivity contribution is -0.140. The van der Waals surface area contributed by atoms with Crippen LogP contribution in [0.5, 0.6) is 0 Å². The molecule has 0 saturated carbocycles. The van der Waals surface area contributed by atoms with Crippen LogP contribution >= 0.6 is 0 Å². The number of carbonyl (C=O) groups is 1. The van der Waals surface area contributed by atoms with Gasteiger partial charge in [-0.3, -0.25) is 9.48 Å². The van der Waals surface area contributed by atoms with Gasteiger partial charge in [0.1, 0.15) is 6.04 Å². The molecule has 102 valence electrons. The molecule has 1 aromatic rings. The minimum absolute atomic E-state index is 0.176. The Kier molecular flexibility index (Phi) is 5.80. The van der Waals surface area contributed by atoms with Crippen molar-refractivity contribution in [3.05, 3.63) is 17.5 Å². The van der Waals surface area contributed by atoms with Gasteiger partial charge in [0.25, 0.3) is 0 Å². The SMILES string of the molecule is COCC(NCCCn1nc(C)cc1C)C(=O)O. The highest BCUT2D eigenvalue weighted by atomic mass is 16.5. The molecule has 0 aromatic carbocycles. The highest BCUT2D eigenvalue weighted by Gasteiger charge is 2.15. The molecule has 1 unspecified atom stereocenters. The van der Waals surface area contributed by atoms with Crippen molar-refractivity contribution in [1.29, 1.82) is 0 Å². The normalized spacial score (nSPS) is 12.6. The predicted octanol–water partition coefficient (Wildman–Crippen LogP) is 0.579. The summed E-state index contributed by atoms with van der Waals surface area (Å²) >= 11 is 0. The van der Waals surface area contributed by atoms with Gasteiger partial charge in [0, 0.05) is 19.3 Å². The van der Waals surface area contributed by atoms with Crippen LogP contribution in [0.4, 0.5) is 0 Å². The van der Waals surface area contributed by atoms with E-state index < -0.39 is 12.0 Å². The maximum absolute atomic E-state index is 10.9. The molecule has 18 heavy (non-hydrogen) atoms. The first-order valence-electron chi connectivity index (χ1n) is 6.00. The van der Waals surface area contributed by atoms with Crippen LogP contribution in [-0.4, -0.2) is 47.2 Å². The minimum Gasteiger partial charge on any atom is -0.480 e. The second-order valence-electron chi connectivity index (χ2n) is 4.30. The number of hydrogen-bond acceptors (Lipinski definition) is 4. The van der Waals surface area contributed by atoms with Crippen LogP contribution in [0.2, 0.25) is 0 Å². The zero-order chi connectivity index (χ0) is 13.5. The van der Waals surface area contributed by atoms with E-state index in [1.54, 1.807) is 0 Å². The number of ether oxygens (including phenoxy) is 1. The number of carboxylic acid groups (broad SMARTS) is 1. The van der Waals surface area contributed by atoms with Crippen molar-refractivity contribution in [1.82, 2.24) is 15.1 Å². The highest BCUT2D eigenvalue weighted by molar-refractivity contribution is 5.73. The Labute approximate surface area is 107 Å². The molecule has 2 N–H and O–H groups in total. The molecule has 0 bridgehead atoms. The fourth-order valence-electron chi connectivity index (χ4n) is 1.79. The first-order chi connectivity index (χ1) is 8.54. The third kappa shape index (κ3) is 4.46. The Bertz CT molecular complexity index is 390. The summed E-state index contributed by atoms with van der Waals surface area (Å²) in [6, 6.07) is 1.38. The minimum atomic E-state index is -0.886. The van der Waals surface area contributed by atoms with Crippen molar-refractivity contribution in [2.45, 2.75) is 32.9 Å². The monoisotopic (exact) mass is 255 g/mol. The summed E-state index contributed by atoms with van der Waals surface area (Å²) in [5.41, 5.74) is 2.13. The van der Waals surface area contributed by atoms with Crippen molar-refractivity contribution >= 4 is 5.97 Å². The van der Waals surface area contributed by atoms with Gasteiger partial charge in [-0.2, -0.15) is 5.10 Å². The lowest BCUT2D eigenvalue weighted by Crippen LogP contribution is -2.41. The molecule has 0 fully saturated rings. The summed E-state index contributed by atoms with van der Waals surface area (Å²) in [4.78, 5) is 10.9. The second-order valence-corrected chi connectivity index (χ2v) is 4.30. The van der Waals surface area contributed by atoms with E-state index in [1.807, 2.05) is 24.6 Å². The zero-order valence-electron chi connectivity index (χ0n) is 11.1. The summed E-state index contributed by atoms with van der Waals surface area (Å²) in [7, 11) is 1.49. The van der Waals surface area contributed by atoms with E-state index in [9.17, 15) is 4.79 Å². The van der Waals surface area contributed by atoms with Crippen molar-refractivity contribution in [3.8, 4) is 0 Å². The first-order valence-corrected chi connectivity index (χ1v) is 6.00. The van der Waals surface area contributed by atoms with E-state index in [0.29, 0.717) is 6.54 Å². The fraction of sp³-hybridized carbons (Fsp3) is 0.667. The lowest BCUT2D eigenvalue weighted by atomic mass is 10.3. The van der Waals surface area contributed by atoms with E-state index in [0.717, 1.165) is 24.4 Å². The van der Waals surface area contributed by atoms with Gasteiger partial charge in [-0.25, -0.2) is 0 Å². The average molecular weight is 255 g/mol. The number of nitrogens with one attached hydrogen (secondary N) is 1. The zero-order valence-corrected chi connectivity index (χ0v) is 11.1. The van der Waals surface area contributed by atoms with Gasteiger partial charge in [-0.15, -0.1) is 0 Å². The quantitative estimate of drug-likeness (QED) is 0.664. The molecule has 0 aliphatic rings. The Morgan fingerprint density at radius 1 is 1.61 bits per heavy atom. The molecule has 0 spiro atoms. The summed E-state index contributed by atoms with van der Waals surface area (Å²) < 4.78 is 6.78. The van der Waals surface area contributed by atoms with Crippen LogP contribution in [-0.2, 0) is 16.1 Å². The molecule has 1 heterocycles. The van der Waals surface area contributed by atoms with E-state index in [2.05, 4.69) is 10.4 Å². The largest absolute Gasteiger partial charge is 0.480 e. The van der Waals surface area contributed by atoms with E-state index in [1.165, 1.54) is 7.11 Å². The summed E-state index contributed by atoms with van der Waals surface area (Å²) in [5.74, 6) is -0.886. The number of hydrogen-bond donors (Lipinski definition) is 2. The highest BCUT2D eigenvalue weighted by Crippen LogP contribution is 2.02. The van der Waals surface area contributed by atoms with Crippen LogP contribution in [0, 0.1) is 13.8 Å². The third-order valence-corrected chi connectivity index (χ3v) is 2.67. The van der Waals surface area contributed by atoms with Gasteiger partial charge in [0.15, 0.2) is 0 Å². The first kappa shape index (κ1) is 14.7. The van der Waals surface area contributed by atoms with Crippen molar-refractivity contribution < 1.29 is 14.6 Å². The molecular weight excluding hydrogens is 234 g/mol. The third-order valence-electron chi connectivity index (χ3n) is 2.67. The van der Waals surface area contributed by atoms with E-state index >= 15 is 0 Å². The molecule has 1 rings (SSSR count). The van der Waals surface area contributed by atoms with Gasteiger partial charge in [0.2, 0.25) is 0 Å². The molecule has 0 aliphatic carbocycles. The van der Waals surface area contributed by atoms with Gasteiger partial charge in [0.05, 0.1) is 12.3 Å². The number of nitrogens with zero attached hydrogens (tertiary/aromatic N) is 2. The number of methoxy groups -OCH3 is 1. The summed E-state index contributed by atoms with van der Waals surface area (Å²) in [5, 5.41) is 16.2. The van der Waals surface area contributed by atoms with Crippen LogP contribution in [0.25, 0.3) is 0 Å². The smallest absolute Gasteiger partial charge is 0.323 e. The fourth-order valence-corrected chi connectivity index (χ4v) is 1.79. The van der Waals surface area contributed by atoms with E-state index in [-0.39, 0.29) is 6.61 Å². The Morgan fingerprint density at radius 3 is 2.83 bits per heavy atom. The van der Waals surface area contributed by atoms with Gasteiger partial charge < -0.3 is 15.2 Å².